The molecule has 1 unspecified atom stereocenters. The molecule has 1 rings (SSSR count). The van der Waals surface area contributed by atoms with Crippen LogP contribution in [0.15, 0.2) is 4.52 Å². The number of unbranched alkanes of at least 4 members (excludes halogenated alkanes) is 1. The molecule has 0 saturated carbocycles. The van der Waals surface area contributed by atoms with Gasteiger partial charge in [-0.2, -0.15) is 4.98 Å². The maximum Gasteiger partial charge on any atom is 0.241 e. The second kappa shape index (κ2) is 7.21. The van der Waals surface area contributed by atoms with Gasteiger partial charge in [0.2, 0.25) is 11.8 Å². The summed E-state index contributed by atoms with van der Waals surface area (Å²) in [6.07, 6.45) is 2.56. The first kappa shape index (κ1) is 18.6. The van der Waals surface area contributed by atoms with Crippen molar-refractivity contribution in [1.82, 2.24) is 15.5 Å². The second-order valence-electron chi connectivity index (χ2n) is 6.40. The van der Waals surface area contributed by atoms with E-state index in [-0.39, 0.29) is 5.89 Å². The zero-order chi connectivity index (χ0) is 17.0. The van der Waals surface area contributed by atoms with E-state index in [1.54, 1.807) is 20.8 Å². The van der Waals surface area contributed by atoms with Crippen molar-refractivity contribution in [2.24, 2.45) is 0 Å². The van der Waals surface area contributed by atoms with E-state index in [0.717, 1.165) is 12.8 Å². The van der Waals surface area contributed by atoms with Crippen molar-refractivity contribution in [3.8, 4) is 0 Å². The Kier molecular flexibility index (Phi) is 6.10. The van der Waals surface area contributed by atoms with E-state index >= 15 is 0 Å². The van der Waals surface area contributed by atoms with E-state index in [1.807, 2.05) is 6.92 Å². The fourth-order valence-electron chi connectivity index (χ4n) is 1.72. The number of nitrogens with one attached hydrogen (secondary N) is 1. The number of rotatable bonds is 7. The van der Waals surface area contributed by atoms with Crippen molar-refractivity contribution in [2.45, 2.75) is 70.4 Å². The van der Waals surface area contributed by atoms with E-state index < -0.39 is 32.3 Å². The Morgan fingerprint density at radius 2 is 2.00 bits per heavy atom. The molecule has 0 radical (unpaired) electrons. The lowest BCUT2D eigenvalue weighted by Gasteiger charge is -2.22. The molecule has 126 valence electrons. The van der Waals surface area contributed by atoms with Gasteiger partial charge < -0.3 is 9.84 Å². The quantitative estimate of drug-likeness (QED) is 0.814. The maximum absolute atomic E-state index is 12.3. The van der Waals surface area contributed by atoms with Crippen LogP contribution in [-0.4, -0.2) is 35.3 Å². The third-order valence-electron chi connectivity index (χ3n) is 2.99. The van der Waals surface area contributed by atoms with Crippen LogP contribution in [-0.2, 0) is 26.8 Å². The van der Waals surface area contributed by atoms with E-state index in [2.05, 4.69) is 15.5 Å². The molecule has 0 spiro atoms. The number of aryl methyl sites for hydroxylation is 1. The van der Waals surface area contributed by atoms with Gasteiger partial charge in [-0.1, -0.05) is 18.5 Å². The lowest BCUT2D eigenvalue weighted by Crippen LogP contribution is -2.47. The van der Waals surface area contributed by atoms with E-state index in [1.165, 1.54) is 6.92 Å². The Labute approximate surface area is 131 Å². The zero-order valence-corrected chi connectivity index (χ0v) is 14.7. The Bertz CT molecular complexity index is 602. The summed E-state index contributed by atoms with van der Waals surface area (Å²) in [4.78, 5) is 16.0. The third kappa shape index (κ3) is 5.75. The molecule has 7 nitrogen and oxygen atoms in total. The Morgan fingerprint density at radius 3 is 2.55 bits per heavy atom. The number of hydrogen-bond acceptors (Lipinski definition) is 6. The molecule has 22 heavy (non-hydrogen) atoms. The van der Waals surface area contributed by atoms with Gasteiger partial charge in [-0.3, -0.25) is 4.79 Å². The Morgan fingerprint density at radius 1 is 1.36 bits per heavy atom. The lowest BCUT2D eigenvalue weighted by molar-refractivity contribution is -0.121. The number of hydrogen-bond donors (Lipinski definition) is 1. The van der Waals surface area contributed by atoms with Crippen LogP contribution in [0.1, 0.15) is 59.2 Å². The zero-order valence-electron chi connectivity index (χ0n) is 13.8. The lowest BCUT2D eigenvalue weighted by atomic mass is 10.1. The van der Waals surface area contributed by atoms with E-state index in [0.29, 0.717) is 12.2 Å². The molecule has 0 saturated heterocycles. The average molecular weight is 331 g/mol. The molecule has 1 heterocycles. The van der Waals surface area contributed by atoms with Gasteiger partial charge in [0.25, 0.3) is 0 Å². The van der Waals surface area contributed by atoms with Crippen molar-refractivity contribution in [1.29, 1.82) is 0 Å². The number of sulfone groups is 1. The molecule has 8 heteroatoms. The van der Waals surface area contributed by atoms with Gasteiger partial charge in [-0.15, -0.1) is 0 Å². The molecule has 0 aliphatic rings. The fraction of sp³-hybridized carbons (Fsp3) is 0.786. The number of carbonyl (C=O) groups excluding carboxylic acids is 1. The van der Waals surface area contributed by atoms with E-state index in [4.69, 9.17) is 4.52 Å². The van der Waals surface area contributed by atoms with Gasteiger partial charge in [0.15, 0.2) is 15.7 Å². The third-order valence-corrected chi connectivity index (χ3v) is 4.94. The molecular weight excluding hydrogens is 306 g/mol. The predicted octanol–water partition coefficient (Wildman–Crippen LogP) is 1.63. The smallest absolute Gasteiger partial charge is 0.241 e. The van der Waals surface area contributed by atoms with Gasteiger partial charge in [-0.05, 0) is 34.1 Å². The minimum absolute atomic E-state index is 0.0292. The molecule has 0 fully saturated rings. The first-order valence-electron chi connectivity index (χ1n) is 7.40. The van der Waals surface area contributed by atoms with Crippen LogP contribution >= 0.6 is 0 Å². The summed E-state index contributed by atoms with van der Waals surface area (Å²) in [6.45, 7) is 8.79. The molecule has 0 aromatic carbocycles. The minimum Gasteiger partial charge on any atom is -0.350 e. The molecule has 1 aromatic rings. The molecule has 1 N–H and O–H groups in total. The van der Waals surface area contributed by atoms with Crippen molar-refractivity contribution in [3.05, 3.63) is 11.7 Å². The van der Waals surface area contributed by atoms with Crippen LogP contribution in [0.25, 0.3) is 0 Å². The normalized spacial score (nSPS) is 13.9. The molecule has 0 aliphatic carbocycles. The van der Waals surface area contributed by atoms with Crippen LogP contribution in [0.2, 0.25) is 0 Å². The van der Waals surface area contributed by atoms with Gasteiger partial charge in [0.1, 0.15) is 11.0 Å². The van der Waals surface area contributed by atoms with E-state index in [9.17, 15) is 13.2 Å². The number of amides is 1. The maximum atomic E-state index is 12.3. The highest BCUT2D eigenvalue weighted by atomic mass is 32.2. The van der Waals surface area contributed by atoms with Gasteiger partial charge in [-0.25, -0.2) is 8.42 Å². The number of nitrogens with zero attached hydrogens (tertiary/aromatic N) is 2. The fourth-order valence-corrected chi connectivity index (χ4v) is 2.81. The topological polar surface area (TPSA) is 102 Å². The van der Waals surface area contributed by atoms with Crippen LogP contribution in [0, 0.1) is 0 Å². The highest BCUT2D eigenvalue weighted by Crippen LogP contribution is 2.12. The van der Waals surface area contributed by atoms with Gasteiger partial charge >= 0.3 is 0 Å². The van der Waals surface area contributed by atoms with Gasteiger partial charge in [0, 0.05) is 12.0 Å². The second-order valence-corrected chi connectivity index (χ2v) is 8.72. The summed E-state index contributed by atoms with van der Waals surface area (Å²) in [5, 5.41) is 5.24. The van der Waals surface area contributed by atoms with Crippen molar-refractivity contribution in [3.63, 3.8) is 0 Å². The summed E-state index contributed by atoms with van der Waals surface area (Å²) in [5.41, 5.74) is -0.487. The Hall–Kier alpha value is -1.44. The largest absolute Gasteiger partial charge is 0.350 e. The van der Waals surface area contributed by atoms with Crippen molar-refractivity contribution in [2.75, 3.05) is 0 Å². The SMILES string of the molecule is CCCCc1noc(CS(=O)(=O)C(C)C(=O)NC(C)(C)C)n1. The molecule has 1 atom stereocenters. The highest BCUT2D eigenvalue weighted by Gasteiger charge is 2.32. The summed E-state index contributed by atoms with van der Waals surface area (Å²) in [7, 11) is -3.70. The first-order valence-corrected chi connectivity index (χ1v) is 9.12. The monoisotopic (exact) mass is 331 g/mol. The summed E-state index contributed by atoms with van der Waals surface area (Å²) in [6, 6.07) is 0. The van der Waals surface area contributed by atoms with Crippen LogP contribution in [0.3, 0.4) is 0 Å². The summed E-state index contributed by atoms with van der Waals surface area (Å²) >= 11 is 0. The van der Waals surface area contributed by atoms with Crippen LogP contribution in [0.5, 0.6) is 0 Å². The molecule has 1 amide bonds. The van der Waals surface area contributed by atoms with Crippen molar-refractivity contribution >= 4 is 15.7 Å². The summed E-state index contributed by atoms with van der Waals surface area (Å²) in [5.74, 6) is -0.427. The number of carbonyl (C=O) groups is 1. The minimum atomic E-state index is -3.70. The highest BCUT2D eigenvalue weighted by molar-refractivity contribution is 7.92. The van der Waals surface area contributed by atoms with Crippen LogP contribution in [0.4, 0.5) is 0 Å². The standard InChI is InChI=1S/C14H25N3O4S/c1-6-7-8-11-15-12(21-17-11)9-22(19,20)10(2)13(18)16-14(3,4)5/h10H,6-9H2,1-5H3,(H,16,18). The first-order chi connectivity index (χ1) is 10.0. The number of aromatic nitrogens is 2. The molecule has 1 aromatic heterocycles. The predicted molar refractivity (Wildman–Crippen MR) is 82.9 cm³/mol. The van der Waals surface area contributed by atoms with Gasteiger partial charge in [0.05, 0.1) is 0 Å². The van der Waals surface area contributed by atoms with Crippen LogP contribution < -0.4 is 5.32 Å². The Balaban J connectivity index is 2.74. The molecular formula is C14H25N3O4S. The molecule has 0 bridgehead atoms. The summed E-state index contributed by atoms with van der Waals surface area (Å²) < 4.78 is 29.5. The van der Waals surface area contributed by atoms with Crippen molar-refractivity contribution < 1.29 is 17.7 Å². The molecule has 0 aliphatic heterocycles. The average Bonchev–Trinajstić information content (AvgIpc) is 2.80.